The lowest BCUT2D eigenvalue weighted by atomic mass is 9.39. The van der Waals surface area contributed by atoms with Gasteiger partial charge in [-0.2, -0.15) is 0 Å². The molecule has 0 aliphatic heterocycles. The molecule has 0 atom stereocenters. The summed E-state index contributed by atoms with van der Waals surface area (Å²) in [5.74, 6) is 1.27. The minimum Gasteiger partial charge on any atom is -0.492 e. The van der Waals surface area contributed by atoms with E-state index in [1.807, 2.05) is 31.2 Å². The molecule has 0 heterocycles. The number of rotatable bonds is 9. The molecule has 0 aromatic heterocycles. The van der Waals surface area contributed by atoms with Gasteiger partial charge in [-0.1, -0.05) is 23.7 Å². The van der Waals surface area contributed by atoms with Crippen molar-refractivity contribution in [3.8, 4) is 11.5 Å². The second-order valence-corrected chi connectivity index (χ2v) is 8.74. The average Bonchev–Trinajstić information content (AvgIpc) is 2.66. The third-order valence-corrected chi connectivity index (χ3v) is 6.00. The molecule has 7 heteroatoms. The molecular formula is C23H25ClN2O4. The number of ether oxygens (including phenoxy) is 2. The number of hydrogen-bond donors (Lipinski definition) is 2. The van der Waals surface area contributed by atoms with Crippen LogP contribution in [-0.2, 0) is 9.59 Å². The zero-order chi connectivity index (χ0) is 21.2. The van der Waals surface area contributed by atoms with Gasteiger partial charge in [0.2, 0.25) is 5.91 Å². The van der Waals surface area contributed by atoms with E-state index in [9.17, 15) is 9.59 Å². The molecule has 2 N–H and O–H groups in total. The second-order valence-electron chi connectivity index (χ2n) is 8.30. The van der Waals surface area contributed by atoms with Crippen LogP contribution in [0.25, 0.3) is 0 Å². The third kappa shape index (κ3) is 4.38. The van der Waals surface area contributed by atoms with Gasteiger partial charge in [-0.15, -0.1) is 0 Å². The highest BCUT2D eigenvalue weighted by Crippen LogP contribution is 2.67. The van der Waals surface area contributed by atoms with E-state index >= 15 is 0 Å². The molecule has 0 unspecified atom stereocenters. The lowest BCUT2D eigenvalue weighted by molar-refractivity contribution is -0.184. The number of nitrogens with one attached hydrogen (secondary N) is 2. The first-order chi connectivity index (χ1) is 14.4. The first-order valence-corrected chi connectivity index (χ1v) is 10.4. The summed E-state index contributed by atoms with van der Waals surface area (Å²) in [5.41, 5.74) is 0.542. The molecule has 6 nitrogen and oxygen atoms in total. The average molecular weight is 429 g/mol. The molecule has 3 aliphatic carbocycles. The molecule has 5 rings (SSSR count). The van der Waals surface area contributed by atoms with Crippen molar-refractivity contribution in [2.75, 3.05) is 19.8 Å². The summed E-state index contributed by atoms with van der Waals surface area (Å²) in [6.45, 7) is 2.84. The fourth-order valence-corrected chi connectivity index (χ4v) is 4.52. The van der Waals surface area contributed by atoms with E-state index in [2.05, 4.69) is 10.6 Å². The van der Waals surface area contributed by atoms with Crippen molar-refractivity contribution < 1.29 is 19.1 Å². The van der Waals surface area contributed by atoms with Gasteiger partial charge in [-0.25, -0.2) is 0 Å². The van der Waals surface area contributed by atoms with E-state index in [0.29, 0.717) is 43.2 Å². The molecule has 0 saturated heterocycles. The highest BCUT2D eigenvalue weighted by Gasteiger charge is 2.72. The highest BCUT2D eigenvalue weighted by molar-refractivity contribution is 6.30. The van der Waals surface area contributed by atoms with Crippen molar-refractivity contribution in [3.05, 3.63) is 59.1 Å². The maximum Gasteiger partial charge on any atom is 0.258 e. The fourth-order valence-electron chi connectivity index (χ4n) is 4.40. The second kappa shape index (κ2) is 8.19. The Bertz CT molecular complexity index is 925. The normalized spacial score (nSPS) is 23.5. The predicted molar refractivity (Wildman–Crippen MR) is 114 cm³/mol. The van der Waals surface area contributed by atoms with Gasteiger partial charge in [0.25, 0.3) is 5.91 Å². The van der Waals surface area contributed by atoms with Crippen molar-refractivity contribution in [2.24, 2.45) is 5.41 Å². The van der Waals surface area contributed by atoms with Gasteiger partial charge in [0.05, 0.1) is 12.0 Å². The third-order valence-electron chi connectivity index (χ3n) is 5.75. The highest BCUT2D eigenvalue weighted by atomic mass is 35.5. The molecule has 0 radical (unpaired) electrons. The van der Waals surface area contributed by atoms with Crippen molar-refractivity contribution in [3.63, 3.8) is 0 Å². The standard InChI is InChI=1S/C23H25ClN2O4/c1-16-3-2-4-19(11-16)29-10-9-25-21(28)22-13-23(14-22,15-22)26-20(27)12-30-18-7-5-17(24)6-8-18/h2-8,11H,9-10,12-15H2,1H3,(H,25,28)(H,26,27). The van der Waals surface area contributed by atoms with Crippen molar-refractivity contribution >= 4 is 23.4 Å². The summed E-state index contributed by atoms with van der Waals surface area (Å²) in [6.07, 6.45) is 2.03. The minimum atomic E-state index is -0.340. The van der Waals surface area contributed by atoms with Gasteiger partial charge in [0.1, 0.15) is 18.1 Å². The Hall–Kier alpha value is -2.73. The van der Waals surface area contributed by atoms with Gasteiger partial charge in [0.15, 0.2) is 6.61 Å². The maximum atomic E-state index is 12.5. The van der Waals surface area contributed by atoms with Crippen LogP contribution in [0.5, 0.6) is 11.5 Å². The molecule has 0 spiro atoms. The van der Waals surface area contributed by atoms with Crippen LogP contribution >= 0.6 is 11.6 Å². The molecule has 2 bridgehead atoms. The number of aryl methyl sites for hydroxylation is 1. The van der Waals surface area contributed by atoms with Crippen LogP contribution in [0, 0.1) is 12.3 Å². The van der Waals surface area contributed by atoms with Crippen molar-refractivity contribution in [1.29, 1.82) is 0 Å². The molecule has 3 aliphatic rings. The van der Waals surface area contributed by atoms with Crippen molar-refractivity contribution in [1.82, 2.24) is 10.6 Å². The minimum absolute atomic E-state index is 0.0453. The topological polar surface area (TPSA) is 76.7 Å². The lowest BCUT2D eigenvalue weighted by Crippen LogP contribution is -2.78. The quantitative estimate of drug-likeness (QED) is 0.601. The van der Waals surface area contributed by atoms with Crippen molar-refractivity contribution in [2.45, 2.75) is 31.7 Å². The van der Waals surface area contributed by atoms with Crippen LogP contribution in [0.15, 0.2) is 48.5 Å². The van der Waals surface area contributed by atoms with Crippen LogP contribution in [0.4, 0.5) is 0 Å². The number of halogens is 1. The SMILES string of the molecule is Cc1cccc(OCCNC(=O)C23CC(NC(=O)COc4ccc(Cl)cc4)(C2)C3)c1. The Morgan fingerprint density at radius 2 is 1.77 bits per heavy atom. The maximum absolute atomic E-state index is 12.5. The van der Waals surface area contributed by atoms with E-state index < -0.39 is 0 Å². The van der Waals surface area contributed by atoms with E-state index in [-0.39, 0.29) is 29.4 Å². The molecule has 30 heavy (non-hydrogen) atoms. The Morgan fingerprint density at radius 3 is 2.47 bits per heavy atom. The van der Waals surface area contributed by atoms with Crippen LogP contribution in [0.1, 0.15) is 24.8 Å². The molecule has 158 valence electrons. The molecule has 2 aromatic rings. The largest absolute Gasteiger partial charge is 0.492 e. The number of amides is 2. The first-order valence-electron chi connectivity index (χ1n) is 10.1. The van der Waals surface area contributed by atoms with Gasteiger partial charge in [0, 0.05) is 10.6 Å². The Labute approximate surface area is 180 Å². The Kier molecular flexibility index (Phi) is 5.60. The molecule has 2 amide bonds. The van der Waals surface area contributed by atoms with E-state index in [0.717, 1.165) is 11.3 Å². The first kappa shape index (κ1) is 20.5. The zero-order valence-corrected chi connectivity index (χ0v) is 17.6. The number of carbonyl (C=O) groups is 2. The Balaban J connectivity index is 1.14. The smallest absolute Gasteiger partial charge is 0.258 e. The summed E-state index contributed by atoms with van der Waals surface area (Å²) >= 11 is 5.83. The predicted octanol–water partition coefficient (Wildman–Crippen LogP) is 3.26. The molecule has 3 fully saturated rings. The molecule has 2 aromatic carbocycles. The van der Waals surface area contributed by atoms with Crippen LogP contribution in [0.2, 0.25) is 5.02 Å². The summed E-state index contributed by atoms with van der Waals surface area (Å²) < 4.78 is 11.1. The van der Waals surface area contributed by atoms with Crippen LogP contribution in [-0.4, -0.2) is 37.1 Å². The van der Waals surface area contributed by atoms with Gasteiger partial charge in [-0.05, 0) is 68.1 Å². The number of hydrogen-bond acceptors (Lipinski definition) is 4. The van der Waals surface area contributed by atoms with Gasteiger partial charge < -0.3 is 20.1 Å². The summed E-state index contributed by atoms with van der Waals surface area (Å²) in [7, 11) is 0. The summed E-state index contributed by atoms with van der Waals surface area (Å²) in [6, 6.07) is 14.7. The summed E-state index contributed by atoms with van der Waals surface area (Å²) in [4.78, 5) is 24.7. The van der Waals surface area contributed by atoms with E-state index in [4.69, 9.17) is 21.1 Å². The fraction of sp³-hybridized carbons (Fsp3) is 0.391. The summed E-state index contributed by atoms with van der Waals surface area (Å²) in [5, 5.41) is 6.59. The van der Waals surface area contributed by atoms with Crippen LogP contribution < -0.4 is 20.1 Å². The van der Waals surface area contributed by atoms with E-state index in [1.54, 1.807) is 24.3 Å². The number of benzene rings is 2. The number of carbonyl (C=O) groups excluding carboxylic acids is 2. The lowest BCUT2D eigenvalue weighted by Gasteiger charge is -2.69. The molecule has 3 saturated carbocycles. The monoisotopic (exact) mass is 428 g/mol. The van der Waals surface area contributed by atoms with Gasteiger partial charge in [-0.3, -0.25) is 9.59 Å². The zero-order valence-electron chi connectivity index (χ0n) is 16.9. The molecular weight excluding hydrogens is 404 g/mol. The van der Waals surface area contributed by atoms with Crippen LogP contribution in [0.3, 0.4) is 0 Å². The van der Waals surface area contributed by atoms with Gasteiger partial charge >= 0.3 is 0 Å². The van der Waals surface area contributed by atoms with E-state index in [1.165, 1.54) is 0 Å². The Morgan fingerprint density at radius 1 is 1.03 bits per heavy atom.